The molecule has 3 rings (SSSR count). The smallest absolute Gasteiger partial charge is 0.109 e. The maximum absolute atomic E-state index is 4.30. The van der Waals surface area contributed by atoms with Gasteiger partial charge < -0.3 is 5.32 Å². The van der Waals surface area contributed by atoms with E-state index in [0.29, 0.717) is 0 Å². The topological polar surface area (TPSA) is 24.9 Å². The minimum atomic E-state index is 0.816. The summed E-state index contributed by atoms with van der Waals surface area (Å²) >= 11 is 3.42. The number of anilines is 1. The first-order valence-electron chi connectivity index (χ1n) is 6.67. The van der Waals surface area contributed by atoms with E-state index in [-0.39, 0.29) is 0 Å². The summed E-state index contributed by atoms with van der Waals surface area (Å²) in [5.41, 5.74) is 5.05. The fraction of sp³-hybridized carbons (Fsp3) is 0.312. The molecule has 2 nitrogen and oxygen atoms in total. The van der Waals surface area contributed by atoms with Crippen LogP contribution in [0.3, 0.4) is 0 Å². The first kappa shape index (κ1) is 12.7. The van der Waals surface area contributed by atoms with Crippen LogP contribution in [0.2, 0.25) is 0 Å². The maximum Gasteiger partial charge on any atom is 0.109 e. The van der Waals surface area contributed by atoms with Crippen LogP contribution in [0.15, 0.2) is 41.1 Å². The molecular formula is C16H17BrN2. The molecule has 2 aromatic rings. The van der Waals surface area contributed by atoms with Crippen molar-refractivity contribution in [2.24, 2.45) is 0 Å². The van der Waals surface area contributed by atoms with Gasteiger partial charge in [0.1, 0.15) is 4.60 Å². The quantitative estimate of drug-likeness (QED) is 0.831. The third-order valence-electron chi connectivity index (χ3n) is 3.51. The first-order chi connectivity index (χ1) is 9.22. The number of aromatic nitrogens is 1. The molecule has 19 heavy (non-hydrogen) atoms. The van der Waals surface area contributed by atoms with Gasteiger partial charge in [0.15, 0.2) is 0 Å². The normalized spacial score (nSPS) is 14.4. The number of pyridine rings is 1. The molecule has 1 fully saturated rings. The van der Waals surface area contributed by atoms with Crippen LogP contribution in [-0.4, -0.2) is 4.98 Å². The zero-order chi connectivity index (χ0) is 13.2. The summed E-state index contributed by atoms with van der Waals surface area (Å²) in [6.07, 6.45) is 4.57. The molecule has 0 bridgehead atoms. The fourth-order valence-corrected chi connectivity index (χ4v) is 2.45. The van der Waals surface area contributed by atoms with E-state index in [2.05, 4.69) is 63.5 Å². The molecule has 0 amide bonds. The minimum Gasteiger partial charge on any atom is -0.380 e. The van der Waals surface area contributed by atoms with Crippen LogP contribution in [0.5, 0.6) is 0 Å². The average Bonchev–Trinajstić information content (AvgIpc) is 3.25. The molecule has 1 aliphatic rings. The van der Waals surface area contributed by atoms with E-state index in [1.807, 2.05) is 6.20 Å². The predicted octanol–water partition coefficient (Wildman–Crippen LogP) is 4.64. The molecule has 0 unspecified atom stereocenters. The van der Waals surface area contributed by atoms with Crippen LogP contribution >= 0.6 is 15.9 Å². The van der Waals surface area contributed by atoms with Crippen molar-refractivity contribution in [3.05, 3.63) is 57.8 Å². The number of hydrogen-bond acceptors (Lipinski definition) is 2. The Kier molecular flexibility index (Phi) is 3.56. The molecule has 1 heterocycles. The molecular weight excluding hydrogens is 300 g/mol. The zero-order valence-corrected chi connectivity index (χ0v) is 12.6. The lowest BCUT2D eigenvalue weighted by molar-refractivity contribution is 1.08. The Balaban J connectivity index is 1.68. The Morgan fingerprint density at radius 2 is 2.16 bits per heavy atom. The number of halogens is 1. The van der Waals surface area contributed by atoms with Crippen molar-refractivity contribution in [1.29, 1.82) is 0 Å². The molecule has 1 saturated carbocycles. The number of aryl methyl sites for hydroxylation is 1. The SMILES string of the molecule is Cc1cc(NCc2cccc(C3CC3)c2)cnc1Br. The van der Waals surface area contributed by atoms with E-state index < -0.39 is 0 Å². The van der Waals surface area contributed by atoms with Gasteiger partial charge in [0.05, 0.1) is 11.9 Å². The van der Waals surface area contributed by atoms with Crippen molar-refractivity contribution in [2.45, 2.75) is 32.2 Å². The molecule has 1 aliphatic carbocycles. The van der Waals surface area contributed by atoms with Crippen LogP contribution in [0, 0.1) is 6.92 Å². The Labute approximate surface area is 122 Å². The van der Waals surface area contributed by atoms with Gasteiger partial charge in [0.2, 0.25) is 0 Å². The second kappa shape index (κ2) is 5.33. The van der Waals surface area contributed by atoms with Crippen LogP contribution < -0.4 is 5.32 Å². The lowest BCUT2D eigenvalue weighted by Gasteiger charge is -2.09. The van der Waals surface area contributed by atoms with Gasteiger partial charge in [-0.25, -0.2) is 4.98 Å². The van der Waals surface area contributed by atoms with Crippen molar-refractivity contribution >= 4 is 21.6 Å². The number of rotatable bonds is 4. The number of nitrogens with one attached hydrogen (secondary N) is 1. The van der Waals surface area contributed by atoms with Crippen molar-refractivity contribution in [3.63, 3.8) is 0 Å². The maximum atomic E-state index is 4.30. The summed E-state index contributed by atoms with van der Waals surface area (Å²) in [7, 11) is 0. The molecule has 1 aromatic heterocycles. The fourth-order valence-electron chi connectivity index (χ4n) is 2.23. The number of benzene rings is 1. The third kappa shape index (κ3) is 3.16. The highest BCUT2D eigenvalue weighted by atomic mass is 79.9. The highest BCUT2D eigenvalue weighted by molar-refractivity contribution is 9.10. The van der Waals surface area contributed by atoms with E-state index in [1.54, 1.807) is 0 Å². The van der Waals surface area contributed by atoms with Gasteiger partial charge in [-0.3, -0.25) is 0 Å². The van der Waals surface area contributed by atoms with Gasteiger partial charge in [-0.15, -0.1) is 0 Å². The van der Waals surface area contributed by atoms with Gasteiger partial charge in [0, 0.05) is 6.54 Å². The Hall–Kier alpha value is -1.35. The number of hydrogen-bond donors (Lipinski definition) is 1. The standard InChI is InChI=1S/C16H17BrN2/c1-11-7-15(10-19-16(11)17)18-9-12-3-2-4-14(8-12)13-5-6-13/h2-4,7-8,10,13,18H,5-6,9H2,1H3. The summed E-state index contributed by atoms with van der Waals surface area (Å²) in [4.78, 5) is 4.30. The van der Waals surface area contributed by atoms with Gasteiger partial charge in [-0.1, -0.05) is 24.3 Å². The average molecular weight is 317 g/mol. The van der Waals surface area contributed by atoms with Crippen LogP contribution in [0.1, 0.15) is 35.4 Å². The highest BCUT2D eigenvalue weighted by Gasteiger charge is 2.23. The molecule has 98 valence electrons. The predicted molar refractivity (Wildman–Crippen MR) is 82.4 cm³/mol. The van der Waals surface area contributed by atoms with Crippen molar-refractivity contribution in [3.8, 4) is 0 Å². The second-order valence-corrected chi connectivity index (χ2v) is 5.96. The van der Waals surface area contributed by atoms with Crippen molar-refractivity contribution in [1.82, 2.24) is 4.98 Å². The van der Waals surface area contributed by atoms with Crippen LogP contribution in [0.4, 0.5) is 5.69 Å². The van der Waals surface area contributed by atoms with Crippen molar-refractivity contribution in [2.75, 3.05) is 5.32 Å². The molecule has 0 radical (unpaired) electrons. The van der Waals surface area contributed by atoms with Crippen LogP contribution in [0.25, 0.3) is 0 Å². The van der Waals surface area contributed by atoms with Gasteiger partial charge in [-0.05, 0) is 64.4 Å². The summed E-state index contributed by atoms with van der Waals surface area (Å²) in [5.74, 6) is 0.816. The first-order valence-corrected chi connectivity index (χ1v) is 7.46. The van der Waals surface area contributed by atoms with Gasteiger partial charge >= 0.3 is 0 Å². The Bertz CT molecular complexity index is 591. The highest BCUT2D eigenvalue weighted by Crippen LogP contribution is 2.40. The molecule has 0 atom stereocenters. The largest absolute Gasteiger partial charge is 0.380 e. The lowest BCUT2D eigenvalue weighted by Crippen LogP contribution is -2.01. The Morgan fingerprint density at radius 3 is 2.89 bits per heavy atom. The molecule has 1 N–H and O–H groups in total. The molecule has 3 heteroatoms. The van der Waals surface area contributed by atoms with Gasteiger partial charge in [-0.2, -0.15) is 0 Å². The summed E-state index contributed by atoms with van der Waals surface area (Å²) in [6, 6.07) is 11.0. The van der Waals surface area contributed by atoms with E-state index in [1.165, 1.54) is 24.0 Å². The third-order valence-corrected chi connectivity index (χ3v) is 4.34. The van der Waals surface area contributed by atoms with E-state index >= 15 is 0 Å². The van der Waals surface area contributed by atoms with E-state index in [0.717, 1.165) is 28.3 Å². The van der Waals surface area contributed by atoms with Crippen LogP contribution in [-0.2, 0) is 6.54 Å². The lowest BCUT2D eigenvalue weighted by atomic mass is 10.1. The summed E-state index contributed by atoms with van der Waals surface area (Å²) < 4.78 is 0.911. The molecule has 0 aliphatic heterocycles. The Morgan fingerprint density at radius 1 is 1.32 bits per heavy atom. The molecule has 0 spiro atoms. The van der Waals surface area contributed by atoms with E-state index in [9.17, 15) is 0 Å². The summed E-state index contributed by atoms with van der Waals surface area (Å²) in [5, 5.41) is 3.43. The zero-order valence-electron chi connectivity index (χ0n) is 11.0. The van der Waals surface area contributed by atoms with Crippen molar-refractivity contribution < 1.29 is 0 Å². The summed E-state index contributed by atoms with van der Waals surface area (Å²) in [6.45, 7) is 2.90. The molecule has 1 aromatic carbocycles. The second-order valence-electron chi connectivity index (χ2n) is 5.20. The number of nitrogens with zero attached hydrogens (tertiary/aromatic N) is 1. The monoisotopic (exact) mass is 316 g/mol. The van der Waals surface area contributed by atoms with E-state index in [4.69, 9.17) is 0 Å². The molecule has 0 saturated heterocycles. The van der Waals surface area contributed by atoms with Gasteiger partial charge in [0.25, 0.3) is 0 Å². The minimum absolute atomic E-state index is 0.816.